The Morgan fingerprint density at radius 1 is 1.28 bits per heavy atom. The molecule has 100 valence electrons. The van der Waals surface area contributed by atoms with E-state index in [-0.39, 0.29) is 11.0 Å². The quantitative estimate of drug-likeness (QED) is 0.536. The van der Waals surface area contributed by atoms with Gasteiger partial charge in [0.15, 0.2) is 5.78 Å². The molecule has 1 aromatic carbocycles. The van der Waals surface area contributed by atoms with E-state index in [1.165, 1.54) is 0 Å². The Labute approximate surface area is 113 Å². The maximum absolute atomic E-state index is 12.1. The van der Waals surface area contributed by atoms with Crippen molar-refractivity contribution in [2.75, 3.05) is 26.6 Å². The van der Waals surface area contributed by atoms with Crippen LogP contribution < -0.4 is 4.74 Å². The zero-order valence-corrected chi connectivity index (χ0v) is 12.0. The highest BCUT2D eigenvalue weighted by molar-refractivity contribution is 8.00. The highest BCUT2D eigenvalue weighted by Crippen LogP contribution is 2.19. The molecular weight excluding hydrogens is 248 g/mol. The van der Waals surface area contributed by atoms with Crippen molar-refractivity contribution in [2.24, 2.45) is 0 Å². The van der Waals surface area contributed by atoms with Crippen LogP contribution in [0.4, 0.5) is 0 Å². The van der Waals surface area contributed by atoms with Gasteiger partial charge in [0.1, 0.15) is 5.75 Å². The fourth-order valence-electron chi connectivity index (χ4n) is 1.53. The van der Waals surface area contributed by atoms with Crippen LogP contribution >= 0.6 is 11.8 Å². The molecular formula is C14H20O3S. The smallest absolute Gasteiger partial charge is 0.175 e. The first-order chi connectivity index (χ1) is 8.69. The number of rotatable bonds is 8. The number of ketones is 1. The van der Waals surface area contributed by atoms with E-state index in [0.29, 0.717) is 0 Å². The molecule has 0 aliphatic rings. The maximum atomic E-state index is 12.1. The Morgan fingerprint density at radius 2 is 1.94 bits per heavy atom. The largest absolute Gasteiger partial charge is 0.497 e. The lowest BCUT2D eigenvalue weighted by Gasteiger charge is -2.10. The Kier molecular flexibility index (Phi) is 6.83. The van der Waals surface area contributed by atoms with Gasteiger partial charge in [-0.3, -0.25) is 4.79 Å². The second-order valence-electron chi connectivity index (χ2n) is 3.95. The maximum Gasteiger partial charge on any atom is 0.175 e. The molecule has 0 amide bonds. The van der Waals surface area contributed by atoms with E-state index in [4.69, 9.17) is 9.47 Å². The van der Waals surface area contributed by atoms with Crippen LogP contribution in [0.3, 0.4) is 0 Å². The number of hydrogen-bond acceptors (Lipinski definition) is 4. The standard InChI is InChI=1S/C14H20O3S/c1-11(18-10-4-9-16-2)14(15)12-5-7-13(17-3)8-6-12/h5-8,11H,4,9-10H2,1-3H3. The number of thioether (sulfide) groups is 1. The molecule has 1 atom stereocenters. The molecule has 0 aliphatic heterocycles. The fraction of sp³-hybridized carbons (Fsp3) is 0.500. The first-order valence-corrected chi connectivity index (χ1v) is 7.02. The highest BCUT2D eigenvalue weighted by atomic mass is 32.2. The van der Waals surface area contributed by atoms with Crippen LogP contribution in [0.5, 0.6) is 5.75 Å². The molecule has 4 heteroatoms. The summed E-state index contributed by atoms with van der Waals surface area (Å²) in [6.45, 7) is 2.69. The monoisotopic (exact) mass is 268 g/mol. The molecule has 0 saturated carbocycles. The van der Waals surface area contributed by atoms with Gasteiger partial charge in [-0.2, -0.15) is 11.8 Å². The molecule has 0 spiro atoms. The predicted molar refractivity (Wildman–Crippen MR) is 75.7 cm³/mol. The first kappa shape index (κ1) is 15.1. The molecule has 0 saturated heterocycles. The summed E-state index contributed by atoms with van der Waals surface area (Å²) >= 11 is 1.67. The number of benzene rings is 1. The molecule has 1 unspecified atom stereocenters. The van der Waals surface area contributed by atoms with Gasteiger partial charge >= 0.3 is 0 Å². The van der Waals surface area contributed by atoms with Gasteiger partial charge < -0.3 is 9.47 Å². The average molecular weight is 268 g/mol. The van der Waals surface area contributed by atoms with Crippen molar-refractivity contribution in [2.45, 2.75) is 18.6 Å². The number of carbonyl (C=O) groups is 1. The molecule has 0 heterocycles. The molecule has 1 rings (SSSR count). The average Bonchev–Trinajstić information content (AvgIpc) is 2.42. The third-order valence-corrected chi connectivity index (χ3v) is 3.84. The third-order valence-electron chi connectivity index (χ3n) is 2.60. The molecule has 0 aromatic heterocycles. The van der Waals surface area contributed by atoms with E-state index < -0.39 is 0 Å². The van der Waals surface area contributed by atoms with Crippen molar-refractivity contribution in [1.29, 1.82) is 0 Å². The zero-order valence-electron chi connectivity index (χ0n) is 11.1. The number of methoxy groups -OCH3 is 2. The van der Waals surface area contributed by atoms with Crippen LogP contribution in [0.2, 0.25) is 0 Å². The molecule has 0 N–H and O–H groups in total. The fourth-order valence-corrected chi connectivity index (χ4v) is 2.45. The SMILES string of the molecule is COCCCSC(C)C(=O)c1ccc(OC)cc1. The van der Waals surface area contributed by atoms with Gasteiger partial charge in [-0.05, 0) is 43.4 Å². The van der Waals surface area contributed by atoms with E-state index in [0.717, 1.165) is 30.1 Å². The molecule has 3 nitrogen and oxygen atoms in total. The number of hydrogen-bond donors (Lipinski definition) is 0. The molecule has 0 bridgehead atoms. The van der Waals surface area contributed by atoms with Gasteiger partial charge in [0.2, 0.25) is 0 Å². The van der Waals surface area contributed by atoms with Gasteiger partial charge in [0, 0.05) is 19.3 Å². The van der Waals surface area contributed by atoms with Crippen molar-refractivity contribution in [3.63, 3.8) is 0 Å². The van der Waals surface area contributed by atoms with Crippen LogP contribution in [0, 0.1) is 0 Å². The summed E-state index contributed by atoms with van der Waals surface area (Å²) in [4.78, 5) is 12.1. The Morgan fingerprint density at radius 3 is 2.50 bits per heavy atom. The summed E-state index contributed by atoms with van der Waals surface area (Å²) in [7, 11) is 3.31. The lowest BCUT2D eigenvalue weighted by molar-refractivity contribution is 0.0994. The number of ether oxygens (including phenoxy) is 2. The summed E-state index contributed by atoms with van der Waals surface area (Å²) in [5.74, 6) is 1.88. The minimum Gasteiger partial charge on any atom is -0.497 e. The van der Waals surface area contributed by atoms with Crippen molar-refractivity contribution < 1.29 is 14.3 Å². The minimum absolute atomic E-state index is 0.0183. The summed E-state index contributed by atoms with van der Waals surface area (Å²) < 4.78 is 10.1. The van der Waals surface area contributed by atoms with E-state index in [2.05, 4.69) is 0 Å². The molecule has 1 aromatic rings. The molecule has 0 aliphatic carbocycles. The zero-order chi connectivity index (χ0) is 13.4. The molecule has 0 radical (unpaired) electrons. The molecule has 0 fully saturated rings. The van der Waals surface area contributed by atoms with Crippen molar-refractivity contribution >= 4 is 17.5 Å². The van der Waals surface area contributed by atoms with Crippen LogP contribution in [-0.4, -0.2) is 37.6 Å². The Bertz CT molecular complexity index is 362. The van der Waals surface area contributed by atoms with E-state index in [9.17, 15) is 4.79 Å². The van der Waals surface area contributed by atoms with E-state index in [1.807, 2.05) is 31.2 Å². The predicted octanol–water partition coefficient (Wildman–Crippen LogP) is 3.04. The van der Waals surface area contributed by atoms with Crippen LogP contribution in [0.15, 0.2) is 24.3 Å². The van der Waals surface area contributed by atoms with Crippen LogP contribution in [0.25, 0.3) is 0 Å². The summed E-state index contributed by atoms with van der Waals surface area (Å²) in [5.41, 5.74) is 0.738. The van der Waals surface area contributed by atoms with Crippen LogP contribution in [0.1, 0.15) is 23.7 Å². The summed E-state index contributed by atoms with van der Waals surface area (Å²) in [5, 5.41) is -0.0183. The first-order valence-electron chi connectivity index (χ1n) is 5.98. The summed E-state index contributed by atoms with van der Waals surface area (Å²) in [6, 6.07) is 7.26. The van der Waals surface area contributed by atoms with Gasteiger partial charge in [-0.25, -0.2) is 0 Å². The lowest BCUT2D eigenvalue weighted by Crippen LogP contribution is -2.14. The van der Waals surface area contributed by atoms with Gasteiger partial charge in [0.05, 0.1) is 12.4 Å². The normalized spacial score (nSPS) is 12.2. The number of carbonyl (C=O) groups excluding carboxylic acids is 1. The third kappa shape index (κ3) is 4.70. The second-order valence-corrected chi connectivity index (χ2v) is 5.40. The molecule has 18 heavy (non-hydrogen) atoms. The highest BCUT2D eigenvalue weighted by Gasteiger charge is 2.15. The lowest BCUT2D eigenvalue weighted by atomic mass is 10.1. The Balaban J connectivity index is 2.46. The van der Waals surface area contributed by atoms with Gasteiger partial charge in [-0.1, -0.05) is 0 Å². The number of Topliss-reactive ketones (excluding diaryl/α,β-unsaturated/α-hetero) is 1. The van der Waals surface area contributed by atoms with E-state index in [1.54, 1.807) is 26.0 Å². The van der Waals surface area contributed by atoms with Gasteiger partial charge in [-0.15, -0.1) is 0 Å². The van der Waals surface area contributed by atoms with Crippen molar-refractivity contribution in [3.05, 3.63) is 29.8 Å². The van der Waals surface area contributed by atoms with Crippen molar-refractivity contribution in [3.8, 4) is 5.75 Å². The van der Waals surface area contributed by atoms with Gasteiger partial charge in [0.25, 0.3) is 0 Å². The van der Waals surface area contributed by atoms with Crippen molar-refractivity contribution in [1.82, 2.24) is 0 Å². The van der Waals surface area contributed by atoms with E-state index >= 15 is 0 Å². The Hall–Kier alpha value is -1.00. The topological polar surface area (TPSA) is 35.5 Å². The summed E-state index contributed by atoms with van der Waals surface area (Å²) in [6.07, 6.45) is 0.974. The van der Waals surface area contributed by atoms with Crippen LogP contribution in [-0.2, 0) is 4.74 Å². The second kappa shape index (κ2) is 8.16. The minimum atomic E-state index is -0.0183.